The summed E-state index contributed by atoms with van der Waals surface area (Å²) in [5, 5.41) is 12.7. The van der Waals surface area contributed by atoms with Gasteiger partial charge in [-0.3, -0.25) is 4.79 Å². The van der Waals surface area contributed by atoms with Crippen LogP contribution in [0.1, 0.15) is 66.2 Å². The van der Waals surface area contributed by atoms with Crippen molar-refractivity contribution < 1.29 is 14.3 Å². The summed E-state index contributed by atoms with van der Waals surface area (Å²) in [5.41, 5.74) is 1.58. The minimum absolute atomic E-state index is 0.177. The second-order valence-electron chi connectivity index (χ2n) is 7.37. The summed E-state index contributed by atoms with van der Waals surface area (Å²) in [5.74, 6) is 0.743. The smallest absolute Gasteiger partial charge is 0.341 e. The molecule has 0 saturated heterocycles. The van der Waals surface area contributed by atoms with E-state index in [0.717, 1.165) is 37.1 Å². The predicted octanol–water partition coefficient (Wildman–Crippen LogP) is 4.44. The Kier molecular flexibility index (Phi) is 7.71. The highest BCUT2D eigenvalue weighted by atomic mass is 32.2. The summed E-state index contributed by atoms with van der Waals surface area (Å²) in [6.45, 7) is 10.6. The van der Waals surface area contributed by atoms with E-state index < -0.39 is 0 Å². The average molecular weight is 449 g/mol. The van der Waals surface area contributed by atoms with Crippen LogP contribution in [0.25, 0.3) is 0 Å². The number of nitrogens with zero attached hydrogens (tertiary/aromatic N) is 3. The molecule has 0 spiro atoms. The number of carbonyl (C=O) groups is 2. The van der Waals surface area contributed by atoms with Crippen molar-refractivity contribution in [2.45, 2.75) is 64.1 Å². The van der Waals surface area contributed by atoms with Gasteiger partial charge in [0.25, 0.3) is 0 Å². The zero-order valence-corrected chi connectivity index (χ0v) is 19.3. The SMILES string of the molecule is C=CCn1c(SCC(=O)Nc2sc3c(c2C(=O)OCC)CCCC3)nnc1C(C)C. The van der Waals surface area contributed by atoms with Crippen LogP contribution < -0.4 is 5.32 Å². The Hall–Kier alpha value is -2.13. The Labute approximate surface area is 185 Å². The lowest BCUT2D eigenvalue weighted by Gasteiger charge is -2.12. The van der Waals surface area contributed by atoms with Gasteiger partial charge in [-0.05, 0) is 38.2 Å². The lowest BCUT2D eigenvalue weighted by Crippen LogP contribution is -2.17. The van der Waals surface area contributed by atoms with Gasteiger partial charge in [-0.15, -0.1) is 28.1 Å². The number of allylic oxidation sites excluding steroid dienone is 1. The minimum Gasteiger partial charge on any atom is -0.462 e. The summed E-state index contributed by atoms with van der Waals surface area (Å²) in [6, 6.07) is 0. The molecule has 0 aliphatic heterocycles. The summed E-state index contributed by atoms with van der Waals surface area (Å²) >= 11 is 2.83. The Morgan fingerprint density at radius 1 is 1.33 bits per heavy atom. The van der Waals surface area contributed by atoms with Crippen molar-refractivity contribution in [2.24, 2.45) is 0 Å². The van der Waals surface area contributed by atoms with Crippen LogP contribution in [-0.2, 0) is 28.9 Å². The number of aromatic nitrogens is 3. The zero-order chi connectivity index (χ0) is 21.7. The first kappa shape index (κ1) is 22.6. The zero-order valence-electron chi connectivity index (χ0n) is 17.7. The second kappa shape index (κ2) is 10.3. The maximum Gasteiger partial charge on any atom is 0.341 e. The van der Waals surface area contributed by atoms with Gasteiger partial charge in [0.2, 0.25) is 5.91 Å². The molecule has 0 radical (unpaired) electrons. The molecule has 162 valence electrons. The van der Waals surface area contributed by atoms with Crippen molar-refractivity contribution in [3.05, 3.63) is 34.5 Å². The largest absolute Gasteiger partial charge is 0.462 e. The number of amides is 1. The number of aryl methyl sites for hydroxylation is 1. The van der Waals surface area contributed by atoms with Gasteiger partial charge < -0.3 is 14.6 Å². The molecule has 30 heavy (non-hydrogen) atoms. The Bertz CT molecular complexity index is 933. The van der Waals surface area contributed by atoms with Gasteiger partial charge in [-0.25, -0.2) is 4.79 Å². The van der Waals surface area contributed by atoms with Crippen molar-refractivity contribution in [1.29, 1.82) is 0 Å². The monoisotopic (exact) mass is 448 g/mol. The first-order chi connectivity index (χ1) is 14.5. The highest BCUT2D eigenvalue weighted by molar-refractivity contribution is 7.99. The van der Waals surface area contributed by atoms with E-state index in [9.17, 15) is 9.59 Å². The molecular formula is C21H28N4O3S2. The van der Waals surface area contributed by atoms with E-state index in [4.69, 9.17) is 4.74 Å². The number of fused-ring (bicyclic) bond motifs is 1. The van der Waals surface area contributed by atoms with Crippen molar-refractivity contribution in [1.82, 2.24) is 14.8 Å². The molecule has 0 unspecified atom stereocenters. The van der Waals surface area contributed by atoms with Gasteiger partial charge in [-0.1, -0.05) is 31.7 Å². The summed E-state index contributed by atoms with van der Waals surface area (Å²) < 4.78 is 7.23. The van der Waals surface area contributed by atoms with Crippen molar-refractivity contribution in [3.63, 3.8) is 0 Å². The van der Waals surface area contributed by atoms with Crippen LogP contribution in [0.4, 0.5) is 5.00 Å². The van der Waals surface area contributed by atoms with E-state index in [2.05, 4.69) is 35.9 Å². The van der Waals surface area contributed by atoms with Crippen LogP contribution in [0, 0.1) is 0 Å². The van der Waals surface area contributed by atoms with E-state index in [-0.39, 0.29) is 23.5 Å². The highest BCUT2D eigenvalue weighted by Gasteiger charge is 2.27. The molecule has 0 aromatic carbocycles. The number of hydrogen-bond donors (Lipinski definition) is 1. The van der Waals surface area contributed by atoms with Gasteiger partial charge in [0, 0.05) is 17.3 Å². The fourth-order valence-electron chi connectivity index (χ4n) is 3.50. The average Bonchev–Trinajstić information content (AvgIpc) is 3.27. The van der Waals surface area contributed by atoms with Crippen molar-refractivity contribution in [3.8, 4) is 0 Å². The predicted molar refractivity (Wildman–Crippen MR) is 121 cm³/mol. The quantitative estimate of drug-likeness (QED) is 0.347. The fourth-order valence-corrected chi connectivity index (χ4v) is 5.55. The fraction of sp³-hybridized carbons (Fsp3) is 0.524. The van der Waals surface area contributed by atoms with Crippen LogP contribution >= 0.6 is 23.1 Å². The van der Waals surface area contributed by atoms with Crippen LogP contribution in [0.2, 0.25) is 0 Å². The number of hydrogen-bond acceptors (Lipinski definition) is 7. The normalized spacial score (nSPS) is 13.2. The molecule has 3 rings (SSSR count). The summed E-state index contributed by atoms with van der Waals surface area (Å²) in [6.07, 6.45) is 5.75. The number of ether oxygens (including phenoxy) is 1. The van der Waals surface area contributed by atoms with Gasteiger partial charge >= 0.3 is 5.97 Å². The summed E-state index contributed by atoms with van der Waals surface area (Å²) in [4.78, 5) is 26.4. The molecule has 0 fully saturated rings. The Morgan fingerprint density at radius 3 is 2.80 bits per heavy atom. The van der Waals surface area contributed by atoms with E-state index in [1.165, 1.54) is 28.0 Å². The van der Waals surface area contributed by atoms with E-state index in [1.807, 2.05) is 4.57 Å². The molecule has 9 heteroatoms. The maximum atomic E-state index is 12.7. The number of rotatable bonds is 9. The number of esters is 1. The molecule has 1 N–H and O–H groups in total. The molecule has 2 heterocycles. The molecule has 7 nitrogen and oxygen atoms in total. The van der Waals surface area contributed by atoms with Crippen molar-refractivity contribution >= 4 is 40.0 Å². The molecular weight excluding hydrogens is 420 g/mol. The highest BCUT2D eigenvalue weighted by Crippen LogP contribution is 2.38. The molecule has 0 atom stereocenters. The number of nitrogens with one attached hydrogen (secondary N) is 1. The Balaban J connectivity index is 1.73. The topological polar surface area (TPSA) is 86.1 Å². The van der Waals surface area contributed by atoms with Crippen LogP contribution in [0.3, 0.4) is 0 Å². The first-order valence-corrected chi connectivity index (χ1v) is 12.0. The number of thioether (sulfide) groups is 1. The maximum absolute atomic E-state index is 12.7. The van der Waals surface area contributed by atoms with Crippen LogP contribution in [0.5, 0.6) is 0 Å². The van der Waals surface area contributed by atoms with E-state index >= 15 is 0 Å². The van der Waals surface area contributed by atoms with Crippen LogP contribution in [-0.4, -0.2) is 39.0 Å². The molecule has 1 aliphatic carbocycles. The molecule has 0 bridgehead atoms. The third kappa shape index (κ3) is 4.95. The van der Waals surface area contributed by atoms with E-state index in [1.54, 1.807) is 13.0 Å². The molecule has 2 aromatic rings. The van der Waals surface area contributed by atoms with Crippen LogP contribution in [0.15, 0.2) is 17.8 Å². The number of carbonyl (C=O) groups excluding carboxylic acids is 2. The van der Waals surface area contributed by atoms with Gasteiger partial charge in [0.1, 0.15) is 10.8 Å². The Morgan fingerprint density at radius 2 is 2.10 bits per heavy atom. The third-order valence-electron chi connectivity index (χ3n) is 4.81. The molecule has 0 saturated carbocycles. The third-order valence-corrected chi connectivity index (χ3v) is 6.98. The standard InChI is InChI=1S/C21H28N4O3S2/c1-5-11-25-18(13(3)4)23-24-21(25)29-12-16(26)22-19-17(20(27)28-6-2)14-9-7-8-10-15(14)30-19/h5,13H,1,6-12H2,2-4H3,(H,22,26). The van der Waals surface area contributed by atoms with Crippen molar-refractivity contribution in [2.75, 3.05) is 17.7 Å². The molecule has 1 aliphatic rings. The molecule has 1 amide bonds. The number of thiophene rings is 1. The van der Waals surface area contributed by atoms with Gasteiger partial charge in [0.05, 0.1) is 17.9 Å². The minimum atomic E-state index is -0.354. The first-order valence-electron chi connectivity index (χ1n) is 10.2. The molecule has 2 aromatic heterocycles. The number of anilines is 1. The lowest BCUT2D eigenvalue weighted by atomic mass is 9.95. The van der Waals surface area contributed by atoms with E-state index in [0.29, 0.717) is 28.9 Å². The lowest BCUT2D eigenvalue weighted by molar-refractivity contribution is -0.113. The summed E-state index contributed by atoms with van der Waals surface area (Å²) in [7, 11) is 0. The van der Waals surface area contributed by atoms with Gasteiger partial charge in [-0.2, -0.15) is 0 Å². The second-order valence-corrected chi connectivity index (χ2v) is 9.41. The van der Waals surface area contributed by atoms with Gasteiger partial charge in [0.15, 0.2) is 5.16 Å².